The van der Waals surface area contributed by atoms with Crippen LogP contribution in [-0.2, 0) is 28.6 Å². The first-order chi connectivity index (χ1) is 30.5. The van der Waals surface area contributed by atoms with Crippen molar-refractivity contribution < 1.29 is 28.6 Å². The van der Waals surface area contributed by atoms with Crippen LogP contribution in [0.25, 0.3) is 0 Å². The quantitative estimate of drug-likeness (QED) is 0.0263. The second-order valence-electron chi connectivity index (χ2n) is 16.7. The van der Waals surface area contributed by atoms with Gasteiger partial charge in [-0.3, -0.25) is 14.4 Å². The van der Waals surface area contributed by atoms with Gasteiger partial charge in [-0.15, -0.1) is 0 Å². The highest BCUT2D eigenvalue weighted by Crippen LogP contribution is 2.15. The average Bonchev–Trinajstić information content (AvgIpc) is 3.27. The predicted octanol–water partition coefficient (Wildman–Crippen LogP) is 16.8. The SMILES string of the molecule is CC/C=C\C/C=C\C/C=C\CC(=O)OCC(COC(=O)CCCCCCCCCCCCCCCCCCCC)OC(=O)CCC/C=C\C/C=C\C/C=C\C/C=C\CCCCC. The maximum Gasteiger partial charge on any atom is 0.309 e. The summed E-state index contributed by atoms with van der Waals surface area (Å²) in [6.45, 7) is 6.35. The van der Waals surface area contributed by atoms with Gasteiger partial charge in [-0.2, -0.15) is 0 Å². The van der Waals surface area contributed by atoms with Gasteiger partial charge in [0.15, 0.2) is 6.10 Å². The topological polar surface area (TPSA) is 78.9 Å². The molecule has 0 fully saturated rings. The molecule has 0 rings (SSSR count). The van der Waals surface area contributed by atoms with Gasteiger partial charge < -0.3 is 14.2 Å². The van der Waals surface area contributed by atoms with Gasteiger partial charge >= 0.3 is 17.9 Å². The molecule has 0 saturated carbocycles. The normalized spacial score (nSPS) is 12.8. The molecule has 0 aromatic heterocycles. The van der Waals surface area contributed by atoms with Crippen molar-refractivity contribution in [2.24, 2.45) is 0 Å². The fourth-order valence-corrected chi connectivity index (χ4v) is 6.85. The highest BCUT2D eigenvalue weighted by molar-refractivity contribution is 5.72. The van der Waals surface area contributed by atoms with E-state index in [0.29, 0.717) is 12.8 Å². The fraction of sp³-hybridized carbons (Fsp3) is 0.696. The van der Waals surface area contributed by atoms with Gasteiger partial charge in [0.1, 0.15) is 13.2 Å². The molecule has 0 radical (unpaired) electrons. The molecule has 1 unspecified atom stereocenters. The number of ether oxygens (including phenoxy) is 3. The van der Waals surface area contributed by atoms with E-state index in [1.54, 1.807) is 6.08 Å². The van der Waals surface area contributed by atoms with Gasteiger partial charge in [0.25, 0.3) is 0 Å². The number of rotatable bonds is 45. The van der Waals surface area contributed by atoms with E-state index in [4.69, 9.17) is 14.2 Å². The van der Waals surface area contributed by atoms with Gasteiger partial charge in [0, 0.05) is 12.8 Å². The number of esters is 3. The van der Waals surface area contributed by atoms with Crippen molar-refractivity contribution in [2.75, 3.05) is 13.2 Å². The van der Waals surface area contributed by atoms with Crippen LogP contribution >= 0.6 is 0 Å². The van der Waals surface area contributed by atoms with Crippen LogP contribution in [0.15, 0.2) is 85.1 Å². The Bertz CT molecular complexity index is 1220. The highest BCUT2D eigenvalue weighted by atomic mass is 16.6. The Morgan fingerprint density at radius 3 is 1.18 bits per heavy atom. The molecule has 6 heteroatoms. The van der Waals surface area contributed by atoms with Gasteiger partial charge in [0.2, 0.25) is 0 Å². The lowest BCUT2D eigenvalue weighted by Gasteiger charge is -2.18. The Balaban J connectivity index is 4.43. The molecule has 0 aromatic rings. The molecule has 0 amide bonds. The minimum Gasteiger partial charge on any atom is -0.462 e. The molecule has 0 aliphatic rings. The van der Waals surface area contributed by atoms with Crippen molar-refractivity contribution in [1.29, 1.82) is 0 Å². The molecule has 0 aliphatic carbocycles. The van der Waals surface area contributed by atoms with E-state index in [-0.39, 0.29) is 38.0 Å². The molecule has 6 nitrogen and oxygen atoms in total. The van der Waals surface area contributed by atoms with E-state index >= 15 is 0 Å². The lowest BCUT2D eigenvalue weighted by molar-refractivity contribution is -0.166. The third-order valence-corrected chi connectivity index (χ3v) is 10.7. The van der Waals surface area contributed by atoms with Crippen molar-refractivity contribution in [1.82, 2.24) is 0 Å². The van der Waals surface area contributed by atoms with Crippen LogP contribution < -0.4 is 0 Å². The Morgan fingerprint density at radius 2 is 0.710 bits per heavy atom. The molecular formula is C56H94O6. The lowest BCUT2D eigenvalue weighted by Crippen LogP contribution is -2.30. The minimum absolute atomic E-state index is 0.123. The zero-order valence-corrected chi connectivity index (χ0v) is 40.4. The summed E-state index contributed by atoms with van der Waals surface area (Å²) in [5.41, 5.74) is 0. The first-order valence-corrected chi connectivity index (χ1v) is 25.6. The van der Waals surface area contributed by atoms with E-state index in [1.807, 2.05) is 6.08 Å². The number of carbonyl (C=O) groups is 3. The van der Waals surface area contributed by atoms with E-state index in [1.165, 1.54) is 122 Å². The summed E-state index contributed by atoms with van der Waals surface area (Å²) in [6, 6.07) is 0. The van der Waals surface area contributed by atoms with Crippen LogP contribution in [0.2, 0.25) is 0 Å². The number of carbonyl (C=O) groups excluding carboxylic acids is 3. The number of hydrogen-bond acceptors (Lipinski definition) is 6. The van der Waals surface area contributed by atoms with Gasteiger partial charge in [-0.05, 0) is 70.6 Å². The van der Waals surface area contributed by atoms with Crippen molar-refractivity contribution in [2.45, 2.75) is 239 Å². The van der Waals surface area contributed by atoms with Crippen LogP contribution in [0.1, 0.15) is 233 Å². The Kier molecular flexibility index (Phi) is 47.5. The Morgan fingerprint density at radius 1 is 0.355 bits per heavy atom. The Labute approximate surface area is 382 Å². The third kappa shape index (κ3) is 47.6. The van der Waals surface area contributed by atoms with E-state index in [2.05, 4.69) is 93.7 Å². The molecule has 1 atom stereocenters. The van der Waals surface area contributed by atoms with Gasteiger partial charge in [0.05, 0.1) is 6.42 Å². The van der Waals surface area contributed by atoms with Crippen LogP contribution in [0.5, 0.6) is 0 Å². The summed E-state index contributed by atoms with van der Waals surface area (Å²) in [5, 5.41) is 0. The van der Waals surface area contributed by atoms with Crippen molar-refractivity contribution in [3.63, 3.8) is 0 Å². The minimum atomic E-state index is -0.838. The molecule has 0 spiro atoms. The summed E-state index contributed by atoms with van der Waals surface area (Å²) in [7, 11) is 0. The molecule has 0 N–H and O–H groups in total. The summed E-state index contributed by atoms with van der Waals surface area (Å²) in [5.74, 6) is -1.11. The largest absolute Gasteiger partial charge is 0.462 e. The van der Waals surface area contributed by atoms with E-state index in [0.717, 1.165) is 64.2 Å². The zero-order chi connectivity index (χ0) is 45.1. The summed E-state index contributed by atoms with van der Waals surface area (Å²) in [4.78, 5) is 37.8. The second kappa shape index (κ2) is 50.2. The van der Waals surface area contributed by atoms with E-state index < -0.39 is 12.1 Å². The lowest BCUT2D eigenvalue weighted by atomic mass is 10.0. The van der Waals surface area contributed by atoms with Crippen LogP contribution in [-0.4, -0.2) is 37.2 Å². The molecule has 0 aromatic carbocycles. The third-order valence-electron chi connectivity index (χ3n) is 10.7. The highest BCUT2D eigenvalue weighted by Gasteiger charge is 2.19. The average molecular weight is 863 g/mol. The molecule has 0 saturated heterocycles. The van der Waals surface area contributed by atoms with Crippen LogP contribution in [0, 0.1) is 0 Å². The second-order valence-corrected chi connectivity index (χ2v) is 16.7. The van der Waals surface area contributed by atoms with Gasteiger partial charge in [-0.25, -0.2) is 0 Å². The maximum absolute atomic E-state index is 12.7. The molecule has 354 valence electrons. The molecule has 0 heterocycles. The summed E-state index contributed by atoms with van der Waals surface area (Å²) in [6.07, 6.45) is 64.7. The van der Waals surface area contributed by atoms with Crippen LogP contribution in [0.4, 0.5) is 0 Å². The standard InChI is InChI=1S/C56H94O6/c1-4-7-10-13-16-19-21-23-25-27-29-30-32-34-37-40-43-46-49-55(58)61-52-53(51-60-54(57)48-45-42-39-36-18-15-12-9-6-3)62-56(59)50-47-44-41-38-35-33-31-28-26-24-22-20-17-14-11-8-5-2/h9,12,17-18,20,24,26,31,33,36,38,41-42,45,53H,4-8,10-11,13-16,19,21-23,25,27-30,32,34-35,37,39-40,43-44,46-52H2,1-3H3/b12-9-,20-17-,26-24-,33-31-,36-18-,41-38-,45-42-. The first-order valence-electron chi connectivity index (χ1n) is 25.6. The fourth-order valence-electron chi connectivity index (χ4n) is 6.85. The maximum atomic E-state index is 12.7. The number of allylic oxidation sites excluding steroid dienone is 13. The van der Waals surface area contributed by atoms with Crippen molar-refractivity contribution >= 4 is 17.9 Å². The van der Waals surface area contributed by atoms with Gasteiger partial charge in [-0.1, -0.05) is 228 Å². The van der Waals surface area contributed by atoms with Crippen molar-refractivity contribution in [3.05, 3.63) is 85.1 Å². The zero-order valence-electron chi connectivity index (χ0n) is 40.4. The smallest absolute Gasteiger partial charge is 0.309 e. The monoisotopic (exact) mass is 863 g/mol. The first kappa shape index (κ1) is 58.6. The van der Waals surface area contributed by atoms with Crippen molar-refractivity contribution in [3.8, 4) is 0 Å². The molecule has 0 aliphatic heterocycles. The summed E-state index contributed by atoms with van der Waals surface area (Å²) >= 11 is 0. The van der Waals surface area contributed by atoms with E-state index in [9.17, 15) is 14.4 Å². The number of hydrogen-bond donors (Lipinski definition) is 0. The Hall–Kier alpha value is -3.41. The van der Waals surface area contributed by atoms with Crippen LogP contribution in [0.3, 0.4) is 0 Å². The predicted molar refractivity (Wildman–Crippen MR) is 265 cm³/mol. The number of unbranched alkanes of at least 4 members (excludes halogenated alkanes) is 21. The molecular weight excluding hydrogens is 769 g/mol. The molecule has 0 bridgehead atoms. The molecule has 62 heavy (non-hydrogen) atoms. The summed E-state index contributed by atoms with van der Waals surface area (Å²) < 4.78 is 16.6.